The Balaban J connectivity index is 2.23. The molecule has 0 aromatic carbocycles. The summed E-state index contributed by atoms with van der Waals surface area (Å²) in [6.07, 6.45) is 3.27. The third-order valence-electron chi connectivity index (χ3n) is 2.57. The number of aromatic nitrogens is 2. The summed E-state index contributed by atoms with van der Waals surface area (Å²) in [7, 11) is 0. The quantitative estimate of drug-likeness (QED) is 0.781. The maximum absolute atomic E-state index is 11.0. The summed E-state index contributed by atoms with van der Waals surface area (Å²) in [6.45, 7) is 0. The lowest BCUT2D eigenvalue weighted by Crippen LogP contribution is -1.99. The van der Waals surface area contributed by atoms with Gasteiger partial charge in [-0.2, -0.15) is 0 Å². The van der Waals surface area contributed by atoms with Crippen molar-refractivity contribution in [3.05, 3.63) is 46.6 Å². The first-order chi connectivity index (χ1) is 8.65. The number of pyridine rings is 1. The molecule has 3 rings (SSSR count). The summed E-state index contributed by atoms with van der Waals surface area (Å²) in [6, 6.07) is 6.96. The second-order valence-electron chi connectivity index (χ2n) is 3.70. The average Bonchev–Trinajstić information content (AvgIpc) is 2.93. The number of carbonyl (C=O) groups is 1. The molecule has 0 aliphatic rings. The van der Waals surface area contributed by atoms with Crippen molar-refractivity contribution in [2.24, 2.45) is 0 Å². The predicted octanol–water partition coefficient (Wildman–Crippen LogP) is 3.41. The monoisotopic (exact) mass is 278 g/mol. The van der Waals surface area contributed by atoms with Crippen LogP contribution in [0.25, 0.3) is 16.2 Å². The molecule has 0 fully saturated rings. The molecule has 3 aromatic heterocycles. The Labute approximate surface area is 111 Å². The number of carboxylic acid groups (broad SMARTS) is 1. The molecular formula is C12H7ClN2O2S. The number of rotatable bonds is 2. The number of nitrogens with zero attached hydrogens (tertiary/aromatic N) is 2. The fourth-order valence-electron chi connectivity index (χ4n) is 1.73. The summed E-state index contributed by atoms with van der Waals surface area (Å²) in [5.41, 5.74) is 1.07. The van der Waals surface area contributed by atoms with Crippen LogP contribution in [0.3, 0.4) is 0 Å². The molecule has 1 N–H and O–H groups in total. The number of carboxylic acids is 1. The number of hydrogen-bond acceptors (Lipinski definition) is 3. The molecule has 0 saturated heterocycles. The van der Waals surface area contributed by atoms with Crippen molar-refractivity contribution in [2.75, 3.05) is 0 Å². The Morgan fingerprint density at radius 3 is 2.83 bits per heavy atom. The molecule has 0 spiro atoms. The van der Waals surface area contributed by atoms with Crippen molar-refractivity contribution >= 4 is 34.4 Å². The first kappa shape index (κ1) is 11.3. The van der Waals surface area contributed by atoms with Crippen LogP contribution in [0.5, 0.6) is 0 Å². The van der Waals surface area contributed by atoms with Gasteiger partial charge in [0.15, 0.2) is 5.82 Å². The molecule has 90 valence electrons. The van der Waals surface area contributed by atoms with Crippen molar-refractivity contribution in [3.63, 3.8) is 0 Å². The van der Waals surface area contributed by atoms with Gasteiger partial charge in [0.1, 0.15) is 0 Å². The summed E-state index contributed by atoms with van der Waals surface area (Å²) in [4.78, 5) is 16.2. The van der Waals surface area contributed by atoms with Crippen LogP contribution in [-0.4, -0.2) is 20.5 Å². The molecule has 0 bridgehead atoms. The number of thiophene rings is 1. The molecule has 0 aliphatic heterocycles. The Kier molecular flexibility index (Phi) is 2.57. The maximum Gasteiger partial charge on any atom is 0.337 e. The van der Waals surface area contributed by atoms with Crippen molar-refractivity contribution in [1.82, 2.24) is 9.38 Å². The first-order valence-corrected chi connectivity index (χ1v) is 6.31. The van der Waals surface area contributed by atoms with Crippen LogP contribution in [0, 0.1) is 0 Å². The van der Waals surface area contributed by atoms with Gasteiger partial charge in [0.25, 0.3) is 0 Å². The van der Waals surface area contributed by atoms with Crippen LogP contribution >= 0.6 is 22.9 Å². The second-order valence-corrected chi connectivity index (χ2v) is 5.42. The Morgan fingerprint density at radius 1 is 1.33 bits per heavy atom. The molecule has 0 amide bonds. The maximum atomic E-state index is 11.0. The van der Waals surface area contributed by atoms with Crippen molar-refractivity contribution in [3.8, 4) is 10.7 Å². The van der Waals surface area contributed by atoms with Crippen LogP contribution in [-0.2, 0) is 0 Å². The highest BCUT2D eigenvalue weighted by Crippen LogP contribution is 2.30. The Morgan fingerprint density at radius 2 is 2.17 bits per heavy atom. The first-order valence-electron chi connectivity index (χ1n) is 5.11. The summed E-state index contributed by atoms with van der Waals surface area (Å²) in [5.74, 6) is -0.259. The molecular weight excluding hydrogens is 272 g/mol. The van der Waals surface area contributed by atoms with E-state index in [4.69, 9.17) is 16.7 Å². The zero-order valence-corrected chi connectivity index (χ0v) is 10.6. The lowest BCUT2D eigenvalue weighted by Gasteiger charge is -2.00. The second kappa shape index (κ2) is 4.12. The van der Waals surface area contributed by atoms with Gasteiger partial charge in [0, 0.05) is 6.20 Å². The van der Waals surface area contributed by atoms with E-state index in [1.165, 1.54) is 11.3 Å². The number of hydrogen-bond donors (Lipinski definition) is 1. The molecule has 0 atom stereocenters. The molecule has 0 aliphatic carbocycles. The van der Waals surface area contributed by atoms with Gasteiger partial charge in [0.05, 0.1) is 26.5 Å². The molecule has 18 heavy (non-hydrogen) atoms. The van der Waals surface area contributed by atoms with Gasteiger partial charge in [-0.1, -0.05) is 11.6 Å². The molecule has 6 heteroatoms. The van der Waals surface area contributed by atoms with E-state index in [2.05, 4.69) is 4.98 Å². The van der Waals surface area contributed by atoms with Gasteiger partial charge in [0.2, 0.25) is 0 Å². The fraction of sp³-hybridized carbons (Fsp3) is 0. The van der Waals surface area contributed by atoms with E-state index in [9.17, 15) is 4.79 Å². The van der Waals surface area contributed by atoms with E-state index < -0.39 is 5.97 Å². The predicted molar refractivity (Wildman–Crippen MR) is 70.5 cm³/mol. The minimum absolute atomic E-state index is 0.226. The molecule has 0 saturated carbocycles. The van der Waals surface area contributed by atoms with Gasteiger partial charge < -0.3 is 5.11 Å². The van der Waals surface area contributed by atoms with Crippen molar-refractivity contribution < 1.29 is 9.90 Å². The van der Waals surface area contributed by atoms with E-state index in [-0.39, 0.29) is 5.56 Å². The van der Waals surface area contributed by atoms with E-state index in [1.54, 1.807) is 35.0 Å². The van der Waals surface area contributed by atoms with Gasteiger partial charge in [-0.25, -0.2) is 9.78 Å². The van der Waals surface area contributed by atoms with E-state index in [0.717, 1.165) is 10.4 Å². The summed E-state index contributed by atoms with van der Waals surface area (Å²) in [5, 5.41) is 9.00. The number of aromatic carboxylic acids is 1. The molecule has 3 aromatic rings. The summed E-state index contributed by atoms with van der Waals surface area (Å²) >= 11 is 7.31. The Hall–Kier alpha value is -1.85. The highest BCUT2D eigenvalue weighted by molar-refractivity contribution is 7.19. The van der Waals surface area contributed by atoms with Gasteiger partial charge in [-0.05, 0) is 24.3 Å². The lowest BCUT2D eigenvalue weighted by atomic mass is 10.3. The average molecular weight is 279 g/mol. The summed E-state index contributed by atoms with van der Waals surface area (Å²) < 4.78 is 2.43. The van der Waals surface area contributed by atoms with Crippen LogP contribution in [0.4, 0.5) is 0 Å². The third kappa shape index (κ3) is 1.77. The smallest absolute Gasteiger partial charge is 0.337 e. The van der Waals surface area contributed by atoms with Crippen LogP contribution < -0.4 is 0 Å². The van der Waals surface area contributed by atoms with Crippen molar-refractivity contribution in [1.29, 1.82) is 0 Å². The zero-order chi connectivity index (χ0) is 12.7. The molecule has 3 heterocycles. The van der Waals surface area contributed by atoms with Crippen molar-refractivity contribution in [2.45, 2.75) is 0 Å². The lowest BCUT2D eigenvalue weighted by molar-refractivity contribution is 0.0696. The largest absolute Gasteiger partial charge is 0.478 e. The van der Waals surface area contributed by atoms with Gasteiger partial charge in [-0.15, -0.1) is 11.3 Å². The normalized spacial score (nSPS) is 10.9. The van der Waals surface area contributed by atoms with Crippen LogP contribution in [0.15, 0.2) is 36.7 Å². The van der Waals surface area contributed by atoms with E-state index >= 15 is 0 Å². The molecule has 0 unspecified atom stereocenters. The number of fused-ring (bicyclic) bond motifs is 1. The van der Waals surface area contributed by atoms with E-state index in [0.29, 0.717) is 10.2 Å². The zero-order valence-electron chi connectivity index (χ0n) is 9.00. The van der Waals surface area contributed by atoms with Crippen LogP contribution in [0.1, 0.15) is 10.4 Å². The molecule has 0 radical (unpaired) electrons. The highest BCUT2D eigenvalue weighted by atomic mass is 35.5. The number of imidazole rings is 1. The molecule has 4 nitrogen and oxygen atoms in total. The number of halogens is 1. The highest BCUT2D eigenvalue weighted by Gasteiger charge is 2.11. The standard InChI is InChI=1S/C12H7ClN2O2S/c13-10-4-3-9(18-10)11-14-5-8-2-1-7(12(16)17)6-15(8)11/h1-6H,(H,16,17). The SMILES string of the molecule is O=C(O)c1ccc2cnc(-c3ccc(Cl)s3)n2c1. The van der Waals surface area contributed by atoms with Crippen LogP contribution in [0.2, 0.25) is 4.34 Å². The minimum atomic E-state index is -0.958. The minimum Gasteiger partial charge on any atom is -0.478 e. The topological polar surface area (TPSA) is 54.6 Å². The fourth-order valence-corrected chi connectivity index (χ4v) is 2.77. The van der Waals surface area contributed by atoms with Gasteiger partial charge in [-0.3, -0.25) is 4.40 Å². The van der Waals surface area contributed by atoms with Gasteiger partial charge >= 0.3 is 5.97 Å². The van der Waals surface area contributed by atoms with E-state index in [1.807, 2.05) is 6.07 Å². The third-order valence-corrected chi connectivity index (χ3v) is 3.79. The Bertz CT molecular complexity index is 747.